The van der Waals surface area contributed by atoms with Gasteiger partial charge in [0.05, 0.1) is 21.9 Å². The van der Waals surface area contributed by atoms with Crippen molar-refractivity contribution in [3.63, 3.8) is 0 Å². The zero-order chi connectivity index (χ0) is 55.3. The Hall–Kier alpha value is -10.9. The Bertz CT molecular complexity index is 4750. The molecule has 4 heteroatoms. The summed E-state index contributed by atoms with van der Waals surface area (Å²) in [5, 5.41) is 2.03. The molecule has 0 unspecified atom stereocenters. The topological polar surface area (TPSA) is 28.9 Å². The van der Waals surface area contributed by atoms with Crippen LogP contribution in [0.25, 0.3) is 55.3 Å². The Kier molecular flexibility index (Phi) is 10.7. The number of benzene rings is 13. The minimum Gasteiger partial charge on any atom is -0.456 e. The number of hydrogen-bond acceptors (Lipinski definition) is 4. The Morgan fingerprint density at radius 1 is 0.274 bits per heavy atom. The average Bonchev–Trinajstić information content (AvgIpc) is 1.50. The first-order chi connectivity index (χ1) is 41.7. The lowest BCUT2D eigenvalue weighted by atomic mass is 9.65. The summed E-state index contributed by atoms with van der Waals surface area (Å²) in [4.78, 5) is 4.79. The van der Waals surface area contributed by atoms with E-state index in [1.807, 2.05) is 0 Å². The van der Waals surface area contributed by atoms with E-state index in [2.05, 4.69) is 325 Å². The molecule has 2 heterocycles. The fraction of sp³-hybridized carbons (Fsp3) is 0.0250. The third-order valence-electron chi connectivity index (χ3n) is 18.0. The van der Waals surface area contributed by atoms with E-state index in [1.54, 1.807) is 0 Å². The van der Waals surface area contributed by atoms with Crippen LogP contribution in [0, 0.1) is 0 Å². The van der Waals surface area contributed by atoms with E-state index in [-0.39, 0.29) is 0 Å². The van der Waals surface area contributed by atoms with Gasteiger partial charge in [-0.3, -0.25) is 0 Å². The summed E-state index contributed by atoms with van der Waals surface area (Å²) >= 11 is 0. The van der Waals surface area contributed by atoms with Gasteiger partial charge in [0.15, 0.2) is 0 Å². The van der Waals surface area contributed by atoms with Crippen molar-refractivity contribution in [1.29, 1.82) is 0 Å². The molecule has 13 aromatic carbocycles. The lowest BCUT2D eigenvalue weighted by Crippen LogP contribution is -2.32. The van der Waals surface area contributed by atoms with Crippen molar-refractivity contribution in [2.24, 2.45) is 0 Å². The lowest BCUT2D eigenvalue weighted by Gasteiger charge is -2.41. The highest BCUT2D eigenvalue weighted by molar-refractivity contribution is 6.14. The van der Waals surface area contributed by atoms with E-state index in [4.69, 9.17) is 9.15 Å². The van der Waals surface area contributed by atoms with E-state index in [0.29, 0.717) is 0 Å². The molecule has 0 N–H and O–H groups in total. The van der Waals surface area contributed by atoms with E-state index in [1.165, 1.54) is 55.6 Å². The molecule has 0 bridgehead atoms. The highest BCUT2D eigenvalue weighted by Gasteiger charge is 2.52. The molecular formula is C80H52N2O2. The molecule has 0 fully saturated rings. The van der Waals surface area contributed by atoms with Crippen LogP contribution in [-0.2, 0) is 10.8 Å². The molecule has 0 amide bonds. The van der Waals surface area contributed by atoms with Crippen molar-refractivity contribution in [3.8, 4) is 44.9 Å². The number of rotatable bonds is 9. The van der Waals surface area contributed by atoms with Gasteiger partial charge in [0.2, 0.25) is 0 Å². The fourth-order valence-electron chi connectivity index (χ4n) is 14.6. The summed E-state index contributed by atoms with van der Waals surface area (Å²) in [5.74, 6) is 1.70. The van der Waals surface area contributed by atoms with E-state index < -0.39 is 10.8 Å². The highest BCUT2D eigenvalue weighted by Crippen LogP contribution is 2.65. The summed E-state index contributed by atoms with van der Waals surface area (Å²) in [6.45, 7) is 0. The van der Waals surface area contributed by atoms with Gasteiger partial charge in [-0.05, 0) is 146 Å². The first kappa shape index (κ1) is 47.8. The first-order valence-electron chi connectivity index (χ1n) is 28.9. The first-order valence-corrected chi connectivity index (χ1v) is 28.9. The summed E-state index contributed by atoms with van der Waals surface area (Å²) in [7, 11) is 0. The standard InChI is InChI=1S/C80H52N2O2/c1-5-24-53(25-6-1)65-51-60(52-72-78(65)84-75-42-22-21-40-71(75)80(72)69-38-19-15-34-63(69)64-35-16-20-39-70(64)80)81(58-46-44-55(45-47-58)79(54-26-7-2-8-27-54)67-36-17-13-32-61(67)62-33-14-18-37-68(62)79)59-48-49-74-66(50-59)77-73(41-23-43-76(77)83-74)82(56-28-9-3-10-29-56)57-30-11-4-12-31-57/h1-52H. The van der Waals surface area contributed by atoms with Crippen LogP contribution in [0.4, 0.5) is 34.1 Å². The molecule has 84 heavy (non-hydrogen) atoms. The monoisotopic (exact) mass is 1070 g/mol. The van der Waals surface area contributed by atoms with Crippen LogP contribution in [0.15, 0.2) is 320 Å². The molecule has 1 aliphatic heterocycles. The predicted octanol–water partition coefficient (Wildman–Crippen LogP) is 21.0. The van der Waals surface area contributed by atoms with Crippen LogP contribution in [0.5, 0.6) is 11.5 Å². The molecule has 0 radical (unpaired) electrons. The zero-order valence-electron chi connectivity index (χ0n) is 45.7. The van der Waals surface area contributed by atoms with Gasteiger partial charge in [0.25, 0.3) is 0 Å². The van der Waals surface area contributed by atoms with Crippen molar-refractivity contribution in [2.75, 3.05) is 9.80 Å². The average molecular weight is 1070 g/mol. The maximum Gasteiger partial charge on any atom is 0.140 e. The van der Waals surface area contributed by atoms with Crippen molar-refractivity contribution in [3.05, 3.63) is 360 Å². The molecule has 0 saturated heterocycles. The van der Waals surface area contributed by atoms with Crippen molar-refractivity contribution in [2.45, 2.75) is 10.8 Å². The largest absolute Gasteiger partial charge is 0.456 e. The molecule has 0 atom stereocenters. The number of para-hydroxylation sites is 3. The molecule has 17 rings (SSSR count). The molecule has 3 aliphatic rings. The molecular weight excluding hydrogens is 1020 g/mol. The van der Waals surface area contributed by atoms with Crippen LogP contribution < -0.4 is 14.5 Å². The van der Waals surface area contributed by atoms with Gasteiger partial charge in [-0.25, -0.2) is 0 Å². The van der Waals surface area contributed by atoms with E-state index in [9.17, 15) is 0 Å². The Labute approximate surface area is 488 Å². The second kappa shape index (κ2) is 18.8. The van der Waals surface area contributed by atoms with Gasteiger partial charge in [0.1, 0.15) is 22.7 Å². The van der Waals surface area contributed by atoms with Crippen LogP contribution >= 0.6 is 0 Å². The number of hydrogen-bond donors (Lipinski definition) is 0. The van der Waals surface area contributed by atoms with Gasteiger partial charge in [-0.15, -0.1) is 0 Å². The third kappa shape index (κ3) is 6.89. The second-order valence-corrected chi connectivity index (χ2v) is 22.2. The summed E-state index contributed by atoms with van der Waals surface area (Å²) < 4.78 is 14.3. The van der Waals surface area contributed by atoms with Crippen molar-refractivity contribution in [1.82, 2.24) is 0 Å². The maximum absolute atomic E-state index is 7.38. The van der Waals surface area contributed by atoms with Crippen LogP contribution in [0.1, 0.15) is 44.5 Å². The minimum atomic E-state index is -0.726. The quantitative estimate of drug-likeness (QED) is 0.144. The lowest BCUT2D eigenvalue weighted by molar-refractivity contribution is 0.438. The zero-order valence-corrected chi connectivity index (χ0v) is 45.7. The molecule has 4 nitrogen and oxygen atoms in total. The van der Waals surface area contributed by atoms with Gasteiger partial charge in [-0.1, -0.05) is 231 Å². The van der Waals surface area contributed by atoms with Crippen LogP contribution in [0.2, 0.25) is 0 Å². The minimum absolute atomic E-state index is 0.571. The maximum atomic E-state index is 7.38. The number of ether oxygens (including phenoxy) is 1. The summed E-state index contributed by atoms with van der Waals surface area (Å²) in [5.41, 5.74) is 23.1. The Morgan fingerprint density at radius 3 is 1.35 bits per heavy atom. The molecule has 1 spiro atoms. The van der Waals surface area contributed by atoms with Crippen molar-refractivity contribution >= 4 is 56.1 Å². The summed E-state index contributed by atoms with van der Waals surface area (Å²) in [6, 6.07) is 115. The molecule has 14 aromatic rings. The Morgan fingerprint density at radius 2 is 0.750 bits per heavy atom. The molecule has 394 valence electrons. The normalized spacial score (nSPS) is 13.5. The number of fused-ring (bicyclic) bond motifs is 15. The van der Waals surface area contributed by atoms with Gasteiger partial charge in [-0.2, -0.15) is 0 Å². The number of furan rings is 1. The predicted molar refractivity (Wildman–Crippen MR) is 343 cm³/mol. The Balaban J connectivity index is 0.953. The third-order valence-corrected chi connectivity index (χ3v) is 18.0. The van der Waals surface area contributed by atoms with Gasteiger partial charge in [0, 0.05) is 50.5 Å². The van der Waals surface area contributed by atoms with Crippen LogP contribution in [0.3, 0.4) is 0 Å². The molecule has 2 aliphatic carbocycles. The van der Waals surface area contributed by atoms with E-state index in [0.717, 1.165) is 89.8 Å². The fourth-order valence-corrected chi connectivity index (χ4v) is 14.6. The number of anilines is 6. The molecule has 1 aromatic heterocycles. The van der Waals surface area contributed by atoms with Gasteiger partial charge < -0.3 is 19.0 Å². The van der Waals surface area contributed by atoms with Crippen molar-refractivity contribution < 1.29 is 9.15 Å². The smallest absolute Gasteiger partial charge is 0.140 e. The van der Waals surface area contributed by atoms with Gasteiger partial charge >= 0.3 is 0 Å². The van der Waals surface area contributed by atoms with Crippen LogP contribution in [-0.4, -0.2) is 0 Å². The number of nitrogens with zero attached hydrogens (tertiary/aromatic N) is 2. The molecule has 0 saturated carbocycles. The highest BCUT2D eigenvalue weighted by atomic mass is 16.5. The van der Waals surface area contributed by atoms with E-state index >= 15 is 0 Å². The second-order valence-electron chi connectivity index (χ2n) is 22.2. The SMILES string of the molecule is c1ccc(-c2cc(N(c3ccc(C4(c5ccccc5)c5ccccc5-c5ccccc54)cc3)c3ccc4oc5cccc(N(c6ccccc6)c6ccccc6)c5c4c3)cc3c2Oc2ccccc2C32c3ccccc3-c3ccccc32)cc1. The summed E-state index contributed by atoms with van der Waals surface area (Å²) in [6.07, 6.45) is 0.